The van der Waals surface area contributed by atoms with Crippen molar-refractivity contribution < 1.29 is 14.3 Å². The average Bonchev–Trinajstić information content (AvgIpc) is 2.96. The van der Waals surface area contributed by atoms with E-state index in [9.17, 15) is 4.79 Å². The Morgan fingerprint density at radius 1 is 0.658 bits per heavy atom. The molecule has 0 bridgehead atoms. The molecule has 1 heterocycles. The van der Waals surface area contributed by atoms with Crippen LogP contribution < -0.4 is 9.47 Å². The lowest BCUT2D eigenvalue weighted by molar-refractivity contribution is 0.0734. The number of carbonyl (C=O) groups is 1. The molecule has 0 N–H and O–H groups in total. The number of pyridine rings is 1. The van der Waals surface area contributed by atoms with Gasteiger partial charge in [-0.1, -0.05) is 90.2 Å². The molecule has 2 aromatic carbocycles. The Bertz CT molecular complexity index is 1040. The van der Waals surface area contributed by atoms with Gasteiger partial charge in [0.25, 0.3) is 0 Å². The summed E-state index contributed by atoms with van der Waals surface area (Å²) in [6, 6.07) is 19.1. The topological polar surface area (TPSA) is 48.4 Å². The van der Waals surface area contributed by atoms with Gasteiger partial charge in [0.15, 0.2) is 0 Å². The lowest BCUT2D eigenvalue weighted by atomic mass is 10.1. The average molecular weight is 516 g/mol. The van der Waals surface area contributed by atoms with Crippen molar-refractivity contribution in [2.24, 2.45) is 0 Å². The second-order valence-electron chi connectivity index (χ2n) is 10.1. The van der Waals surface area contributed by atoms with E-state index >= 15 is 0 Å². The van der Waals surface area contributed by atoms with Crippen molar-refractivity contribution in [2.45, 2.75) is 97.3 Å². The largest absolute Gasteiger partial charge is 0.492 e. The Morgan fingerprint density at radius 3 is 1.87 bits per heavy atom. The van der Waals surface area contributed by atoms with Gasteiger partial charge in [-0.15, -0.1) is 0 Å². The lowest BCUT2D eigenvalue weighted by Crippen LogP contribution is -2.08. The summed E-state index contributed by atoms with van der Waals surface area (Å²) >= 11 is 0. The molecule has 0 spiro atoms. The van der Waals surface area contributed by atoms with Crippen molar-refractivity contribution >= 4 is 5.97 Å². The molecule has 0 aliphatic carbocycles. The number of unbranched alkanes of at least 4 members (excludes halogenated alkanes) is 10. The molecule has 1 aromatic heterocycles. The number of aromatic nitrogens is 1. The molecule has 0 radical (unpaired) electrons. The van der Waals surface area contributed by atoms with Gasteiger partial charge in [0.05, 0.1) is 24.1 Å². The van der Waals surface area contributed by atoms with Gasteiger partial charge in [0.2, 0.25) is 0 Å². The summed E-state index contributed by atoms with van der Waals surface area (Å²) in [5.74, 6) is 0.975. The van der Waals surface area contributed by atoms with E-state index in [-0.39, 0.29) is 5.97 Å². The van der Waals surface area contributed by atoms with Crippen LogP contribution in [0.3, 0.4) is 0 Å². The first-order valence-electron chi connectivity index (χ1n) is 14.7. The first-order valence-corrected chi connectivity index (χ1v) is 14.7. The van der Waals surface area contributed by atoms with E-state index in [0.29, 0.717) is 11.3 Å². The standard InChI is InChI=1S/C34H45NO3/c1-3-5-7-8-9-10-11-12-13-14-26-37-32-24-25-33(35-27-32)29-20-22-31(23-21-29)38-34(36)30-18-16-28(17-19-30)15-6-4-2/h16-25,27H,3-15,26H2,1-2H3. The lowest BCUT2D eigenvalue weighted by Gasteiger charge is -2.08. The fraction of sp³-hybridized carbons (Fsp3) is 0.471. The molecular weight excluding hydrogens is 470 g/mol. The second-order valence-corrected chi connectivity index (χ2v) is 10.1. The third kappa shape index (κ3) is 10.7. The summed E-state index contributed by atoms with van der Waals surface area (Å²) < 4.78 is 11.4. The summed E-state index contributed by atoms with van der Waals surface area (Å²) in [5, 5.41) is 0. The molecule has 0 aliphatic rings. The quantitative estimate of drug-likeness (QED) is 0.0961. The first kappa shape index (κ1) is 29.4. The fourth-order valence-corrected chi connectivity index (χ4v) is 4.46. The summed E-state index contributed by atoms with van der Waals surface area (Å²) in [5.41, 5.74) is 3.63. The van der Waals surface area contributed by atoms with Gasteiger partial charge in [-0.05, 0) is 73.4 Å². The molecule has 0 unspecified atom stereocenters. The zero-order valence-corrected chi connectivity index (χ0v) is 23.4. The van der Waals surface area contributed by atoms with Gasteiger partial charge < -0.3 is 9.47 Å². The van der Waals surface area contributed by atoms with Crippen LogP contribution in [0.15, 0.2) is 66.9 Å². The summed E-state index contributed by atoms with van der Waals surface area (Å²) in [6.07, 6.45) is 18.3. The van der Waals surface area contributed by atoms with Gasteiger partial charge in [-0.3, -0.25) is 4.98 Å². The van der Waals surface area contributed by atoms with E-state index in [0.717, 1.165) is 49.3 Å². The van der Waals surface area contributed by atoms with E-state index in [1.54, 1.807) is 18.3 Å². The molecule has 3 rings (SSSR count). The Balaban J connectivity index is 1.35. The number of benzene rings is 2. The molecule has 4 nitrogen and oxygen atoms in total. The maximum atomic E-state index is 12.5. The Labute approximate surface area is 229 Å². The number of aryl methyl sites for hydroxylation is 1. The second kappa shape index (κ2) is 17.4. The molecule has 0 saturated heterocycles. The number of rotatable bonds is 18. The molecule has 3 aromatic rings. The van der Waals surface area contributed by atoms with Crippen LogP contribution in [-0.2, 0) is 6.42 Å². The van der Waals surface area contributed by atoms with Crippen molar-refractivity contribution in [3.05, 3.63) is 78.0 Å². The summed E-state index contributed by atoms with van der Waals surface area (Å²) in [7, 11) is 0. The van der Waals surface area contributed by atoms with E-state index < -0.39 is 0 Å². The van der Waals surface area contributed by atoms with Gasteiger partial charge in [-0.25, -0.2) is 4.79 Å². The number of esters is 1. The number of nitrogens with zero attached hydrogens (tertiary/aromatic N) is 1. The van der Waals surface area contributed by atoms with Crippen molar-refractivity contribution in [2.75, 3.05) is 6.61 Å². The highest BCUT2D eigenvalue weighted by Gasteiger charge is 2.09. The van der Waals surface area contributed by atoms with Gasteiger partial charge in [0.1, 0.15) is 11.5 Å². The zero-order valence-electron chi connectivity index (χ0n) is 23.4. The minimum atomic E-state index is -0.346. The van der Waals surface area contributed by atoms with Crippen LogP contribution in [-0.4, -0.2) is 17.6 Å². The highest BCUT2D eigenvalue weighted by atomic mass is 16.5. The third-order valence-corrected chi connectivity index (χ3v) is 6.87. The predicted molar refractivity (Wildman–Crippen MR) is 157 cm³/mol. The molecule has 0 amide bonds. The van der Waals surface area contributed by atoms with E-state index in [4.69, 9.17) is 9.47 Å². The van der Waals surface area contributed by atoms with Crippen molar-refractivity contribution in [3.8, 4) is 22.8 Å². The zero-order chi connectivity index (χ0) is 26.8. The van der Waals surface area contributed by atoms with Crippen LogP contribution in [0.25, 0.3) is 11.3 Å². The minimum absolute atomic E-state index is 0.346. The number of carbonyl (C=O) groups excluding carboxylic acids is 1. The third-order valence-electron chi connectivity index (χ3n) is 6.87. The van der Waals surface area contributed by atoms with Crippen LogP contribution in [0, 0.1) is 0 Å². The highest BCUT2D eigenvalue weighted by molar-refractivity contribution is 5.91. The molecule has 0 saturated carbocycles. The fourth-order valence-electron chi connectivity index (χ4n) is 4.46. The maximum absolute atomic E-state index is 12.5. The molecular formula is C34H45NO3. The predicted octanol–water partition coefficient (Wildman–Crippen LogP) is 9.61. The maximum Gasteiger partial charge on any atom is 0.343 e. The van der Waals surface area contributed by atoms with E-state index in [1.807, 2.05) is 48.5 Å². The molecule has 4 heteroatoms. The summed E-state index contributed by atoms with van der Waals surface area (Å²) in [6.45, 7) is 5.18. The highest BCUT2D eigenvalue weighted by Crippen LogP contribution is 2.23. The van der Waals surface area contributed by atoms with Crippen LogP contribution in [0.5, 0.6) is 11.5 Å². The van der Waals surface area contributed by atoms with Crippen LogP contribution in [0.4, 0.5) is 0 Å². The van der Waals surface area contributed by atoms with Gasteiger partial charge >= 0.3 is 5.97 Å². The van der Waals surface area contributed by atoms with Crippen LogP contribution in [0.2, 0.25) is 0 Å². The van der Waals surface area contributed by atoms with Crippen molar-refractivity contribution in [1.29, 1.82) is 0 Å². The smallest absolute Gasteiger partial charge is 0.343 e. The summed E-state index contributed by atoms with van der Waals surface area (Å²) in [4.78, 5) is 17.1. The van der Waals surface area contributed by atoms with E-state index in [2.05, 4.69) is 18.8 Å². The first-order chi connectivity index (χ1) is 18.7. The monoisotopic (exact) mass is 515 g/mol. The number of ether oxygens (including phenoxy) is 2. The minimum Gasteiger partial charge on any atom is -0.492 e. The van der Waals surface area contributed by atoms with Crippen molar-refractivity contribution in [3.63, 3.8) is 0 Å². The molecule has 0 aliphatic heterocycles. The van der Waals surface area contributed by atoms with Crippen LogP contribution in [0.1, 0.15) is 107 Å². The normalized spacial score (nSPS) is 10.9. The van der Waals surface area contributed by atoms with Gasteiger partial charge in [0, 0.05) is 5.56 Å². The van der Waals surface area contributed by atoms with E-state index in [1.165, 1.54) is 63.4 Å². The molecule has 38 heavy (non-hydrogen) atoms. The number of hydrogen-bond donors (Lipinski definition) is 0. The van der Waals surface area contributed by atoms with Gasteiger partial charge in [-0.2, -0.15) is 0 Å². The molecule has 0 atom stereocenters. The Morgan fingerprint density at radius 2 is 1.26 bits per heavy atom. The number of hydrogen-bond acceptors (Lipinski definition) is 4. The van der Waals surface area contributed by atoms with Crippen LogP contribution >= 0.6 is 0 Å². The molecule has 204 valence electrons. The molecule has 0 fully saturated rings. The Kier molecular flexibility index (Phi) is 13.5. The SMILES string of the molecule is CCCCCCCCCCCCOc1ccc(-c2ccc(OC(=O)c3ccc(CCCC)cc3)cc2)nc1. The Hall–Kier alpha value is -3.14. The van der Waals surface area contributed by atoms with Crippen molar-refractivity contribution in [1.82, 2.24) is 4.98 Å².